The zero-order valence-electron chi connectivity index (χ0n) is 13.9. The van der Waals surface area contributed by atoms with Gasteiger partial charge >= 0.3 is 11.7 Å². The molecule has 122 valence electrons. The lowest BCUT2D eigenvalue weighted by Crippen LogP contribution is -2.74. The zero-order valence-corrected chi connectivity index (χ0v) is 14.9. The molecule has 0 nitrogen and oxygen atoms in total. The van der Waals surface area contributed by atoms with E-state index in [0.717, 1.165) is 0 Å². The van der Waals surface area contributed by atoms with Crippen LogP contribution in [0, 0.1) is 0 Å². The SMILES string of the molecule is CC(C)(C)[Si](C(C)(C)C)(C(C)(C)C)C(F)(F)C(F)(F)F. The number of rotatable bonds is 1. The van der Waals surface area contributed by atoms with E-state index in [1.165, 1.54) is 62.3 Å². The maximum Gasteiger partial charge on any atom is 0.448 e. The molecule has 0 aliphatic rings. The summed E-state index contributed by atoms with van der Waals surface area (Å²) in [4.78, 5) is 0. The van der Waals surface area contributed by atoms with E-state index in [2.05, 4.69) is 0 Å². The Hall–Kier alpha value is -0.133. The summed E-state index contributed by atoms with van der Waals surface area (Å²) in [5, 5.41) is -3.33. The summed E-state index contributed by atoms with van der Waals surface area (Å²) in [7, 11) is -4.22. The van der Waals surface area contributed by atoms with Gasteiger partial charge in [0, 0.05) is 0 Å². The molecule has 0 saturated carbocycles. The molecular weight excluding hydrogens is 291 g/mol. The van der Waals surface area contributed by atoms with Gasteiger partial charge in [0.2, 0.25) is 0 Å². The van der Waals surface area contributed by atoms with Gasteiger partial charge in [-0.25, -0.2) is 8.78 Å². The van der Waals surface area contributed by atoms with Crippen molar-refractivity contribution in [2.45, 2.75) is 89.2 Å². The number of halogens is 5. The van der Waals surface area contributed by atoms with Gasteiger partial charge in [-0.05, 0) is 15.1 Å². The highest BCUT2D eigenvalue weighted by atomic mass is 28.3. The summed E-state index contributed by atoms with van der Waals surface area (Å²) in [5.41, 5.74) is -4.66. The van der Waals surface area contributed by atoms with Gasteiger partial charge in [-0.1, -0.05) is 62.3 Å². The molecule has 0 spiro atoms. The largest absolute Gasteiger partial charge is 0.448 e. The molecule has 0 fully saturated rings. The predicted octanol–water partition coefficient (Wildman–Crippen LogP) is 6.57. The van der Waals surface area contributed by atoms with Gasteiger partial charge in [0.15, 0.2) is 8.07 Å². The summed E-state index contributed by atoms with van der Waals surface area (Å²) >= 11 is 0. The molecule has 0 saturated heterocycles. The molecule has 0 N–H and O–H groups in total. The smallest absolute Gasteiger partial charge is 0.202 e. The second-order valence-corrected chi connectivity index (χ2v) is 15.2. The molecule has 0 aromatic heterocycles. The van der Waals surface area contributed by atoms with Crippen LogP contribution in [0.5, 0.6) is 0 Å². The van der Waals surface area contributed by atoms with Crippen molar-refractivity contribution in [3.63, 3.8) is 0 Å². The van der Waals surface area contributed by atoms with Crippen molar-refractivity contribution in [1.82, 2.24) is 0 Å². The average Bonchev–Trinajstić information content (AvgIpc) is 1.89. The van der Waals surface area contributed by atoms with Gasteiger partial charge in [0.05, 0.1) is 0 Å². The monoisotopic (exact) mass is 318 g/mol. The second-order valence-electron chi connectivity index (χ2n) is 8.57. The van der Waals surface area contributed by atoms with Crippen molar-refractivity contribution in [2.24, 2.45) is 0 Å². The van der Waals surface area contributed by atoms with E-state index < -0.39 is 34.9 Å². The highest BCUT2D eigenvalue weighted by Crippen LogP contribution is 2.70. The van der Waals surface area contributed by atoms with E-state index in [1.54, 1.807) is 0 Å². The minimum Gasteiger partial charge on any atom is -0.202 e. The Balaban J connectivity index is 6.83. The fourth-order valence-corrected chi connectivity index (χ4v) is 15.0. The topological polar surface area (TPSA) is 0 Å². The fourth-order valence-electron chi connectivity index (χ4n) is 5.00. The summed E-state index contributed by atoms with van der Waals surface area (Å²) in [6, 6.07) is 0. The fraction of sp³-hybridized carbons (Fsp3) is 1.00. The van der Waals surface area contributed by atoms with Crippen molar-refractivity contribution in [1.29, 1.82) is 0 Å². The average molecular weight is 318 g/mol. The number of alkyl halides is 5. The van der Waals surface area contributed by atoms with Crippen molar-refractivity contribution >= 4 is 8.07 Å². The van der Waals surface area contributed by atoms with Crippen LogP contribution in [0.15, 0.2) is 0 Å². The van der Waals surface area contributed by atoms with Crippen LogP contribution in [-0.4, -0.2) is 19.8 Å². The zero-order chi connectivity index (χ0) is 17.0. The molecule has 0 heterocycles. The van der Waals surface area contributed by atoms with Gasteiger partial charge in [-0.15, -0.1) is 0 Å². The van der Waals surface area contributed by atoms with Crippen LogP contribution in [0.1, 0.15) is 62.3 Å². The Bertz CT molecular complexity index is 314. The summed E-state index contributed by atoms with van der Waals surface area (Å²) in [6.07, 6.45) is -5.52. The molecule has 0 rings (SSSR count). The second kappa shape index (κ2) is 4.68. The van der Waals surface area contributed by atoms with Gasteiger partial charge in [-0.3, -0.25) is 0 Å². The molecule has 0 aliphatic carbocycles. The first-order valence-corrected chi connectivity index (χ1v) is 8.69. The van der Waals surface area contributed by atoms with Crippen LogP contribution in [-0.2, 0) is 0 Å². The third-order valence-electron chi connectivity index (χ3n) is 4.20. The molecule has 0 aromatic rings. The molecule has 0 atom stereocenters. The van der Waals surface area contributed by atoms with Gasteiger partial charge < -0.3 is 0 Å². The van der Waals surface area contributed by atoms with E-state index in [0.29, 0.717) is 0 Å². The van der Waals surface area contributed by atoms with Crippen molar-refractivity contribution < 1.29 is 22.0 Å². The van der Waals surface area contributed by atoms with E-state index in [-0.39, 0.29) is 0 Å². The highest BCUT2D eigenvalue weighted by molar-refractivity contribution is 6.89. The first-order valence-electron chi connectivity index (χ1n) is 6.69. The Morgan fingerprint density at radius 3 is 0.750 bits per heavy atom. The highest BCUT2D eigenvalue weighted by Gasteiger charge is 2.81. The van der Waals surface area contributed by atoms with Crippen LogP contribution in [0.2, 0.25) is 15.1 Å². The summed E-state index contributed by atoms with van der Waals surface area (Å²) in [5.74, 6) is 0. The van der Waals surface area contributed by atoms with E-state index >= 15 is 0 Å². The van der Waals surface area contributed by atoms with Crippen molar-refractivity contribution in [3.8, 4) is 0 Å². The number of hydrogen-bond acceptors (Lipinski definition) is 0. The summed E-state index contributed by atoms with van der Waals surface area (Å²) < 4.78 is 69.0. The molecule has 6 heteroatoms. The first kappa shape index (κ1) is 19.9. The molecule has 20 heavy (non-hydrogen) atoms. The maximum absolute atomic E-state index is 14.7. The normalized spacial score (nSPS) is 16.5. The van der Waals surface area contributed by atoms with Crippen molar-refractivity contribution in [3.05, 3.63) is 0 Å². The molecule has 0 radical (unpaired) electrons. The van der Waals surface area contributed by atoms with Crippen molar-refractivity contribution in [2.75, 3.05) is 0 Å². The Labute approximate surface area is 120 Å². The van der Waals surface area contributed by atoms with Gasteiger partial charge in [0.1, 0.15) is 0 Å². The maximum atomic E-state index is 14.7. The predicted molar refractivity (Wildman–Crippen MR) is 75.9 cm³/mol. The molecule has 0 aromatic carbocycles. The minimum atomic E-state index is -5.52. The van der Waals surface area contributed by atoms with Crippen LogP contribution in [0.3, 0.4) is 0 Å². The number of hydrogen-bond donors (Lipinski definition) is 0. The third-order valence-corrected chi connectivity index (χ3v) is 12.2. The van der Waals surface area contributed by atoms with Gasteiger partial charge in [0.25, 0.3) is 0 Å². The molecule has 0 amide bonds. The van der Waals surface area contributed by atoms with Crippen LogP contribution in [0.4, 0.5) is 22.0 Å². The van der Waals surface area contributed by atoms with Gasteiger partial charge in [-0.2, -0.15) is 13.2 Å². The lowest BCUT2D eigenvalue weighted by molar-refractivity contribution is -0.251. The van der Waals surface area contributed by atoms with E-state index in [9.17, 15) is 22.0 Å². The van der Waals surface area contributed by atoms with Crippen LogP contribution < -0.4 is 0 Å². The van der Waals surface area contributed by atoms with E-state index in [1.807, 2.05) is 0 Å². The Morgan fingerprint density at radius 1 is 0.500 bits per heavy atom. The minimum absolute atomic E-state index is 1.11. The Morgan fingerprint density at radius 2 is 0.700 bits per heavy atom. The molecule has 0 bridgehead atoms. The van der Waals surface area contributed by atoms with Crippen LogP contribution >= 0.6 is 0 Å². The molecular formula is C14H27F5Si. The standard InChI is InChI=1S/C14H27F5Si/c1-10(2,3)20(11(4,5)6,12(7,8)9)14(18,19)13(15,16)17/h1-9H3. The lowest BCUT2D eigenvalue weighted by atomic mass is 10.2. The third kappa shape index (κ3) is 2.53. The lowest BCUT2D eigenvalue weighted by Gasteiger charge is -2.61. The quantitative estimate of drug-likeness (QED) is 0.379. The summed E-state index contributed by atoms with van der Waals surface area (Å²) in [6.45, 7) is 13.7. The van der Waals surface area contributed by atoms with Crippen LogP contribution in [0.25, 0.3) is 0 Å². The first-order chi connectivity index (χ1) is 8.25. The molecule has 0 aliphatic heterocycles. The molecule has 0 unspecified atom stereocenters. The van der Waals surface area contributed by atoms with E-state index in [4.69, 9.17) is 0 Å². The Kier molecular flexibility index (Phi) is 4.65.